The fourth-order valence-electron chi connectivity index (χ4n) is 3.05. The number of nitrogens with zero attached hydrogens (tertiary/aromatic N) is 1. The Morgan fingerprint density at radius 2 is 1.81 bits per heavy atom. The van der Waals surface area contributed by atoms with Gasteiger partial charge in [0, 0.05) is 28.8 Å². The van der Waals surface area contributed by atoms with Gasteiger partial charge in [0.05, 0.1) is 17.6 Å². The number of non-ortho nitro benzene ring substituents is 1. The van der Waals surface area contributed by atoms with Crippen LogP contribution in [0.25, 0.3) is 21.7 Å². The molecule has 0 aliphatic carbocycles. The van der Waals surface area contributed by atoms with Crippen molar-refractivity contribution in [1.82, 2.24) is 0 Å². The van der Waals surface area contributed by atoms with Crippen LogP contribution in [0.5, 0.6) is 0 Å². The number of benzene rings is 3. The maximum Gasteiger partial charge on any atom is 0.269 e. The molecule has 4 aromatic rings. The van der Waals surface area contributed by atoms with Crippen molar-refractivity contribution in [3.05, 3.63) is 82.6 Å². The molecule has 6 heteroatoms. The molecule has 0 bridgehead atoms. The van der Waals surface area contributed by atoms with Crippen LogP contribution < -0.4 is 5.32 Å². The Kier molecular flexibility index (Phi) is 3.85. The number of fused-ring (bicyclic) bond motifs is 3. The van der Waals surface area contributed by atoms with Crippen LogP contribution in [0.1, 0.15) is 5.56 Å². The third-order valence-corrected chi connectivity index (χ3v) is 4.25. The molecule has 6 nitrogen and oxygen atoms in total. The number of carbonyl (C=O) groups is 1. The quantitative estimate of drug-likeness (QED) is 0.429. The first-order valence-corrected chi connectivity index (χ1v) is 8.04. The molecule has 0 spiro atoms. The molecule has 0 saturated carbocycles. The summed E-state index contributed by atoms with van der Waals surface area (Å²) < 4.78 is 5.60. The average molecular weight is 346 g/mol. The Morgan fingerprint density at radius 3 is 2.58 bits per heavy atom. The van der Waals surface area contributed by atoms with Gasteiger partial charge in [-0.15, -0.1) is 0 Å². The van der Waals surface area contributed by atoms with Gasteiger partial charge in [-0.05, 0) is 29.0 Å². The van der Waals surface area contributed by atoms with Crippen molar-refractivity contribution < 1.29 is 14.1 Å². The van der Waals surface area contributed by atoms with Crippen molar-refractivity contribution in [3.8, 4) is 0 Å². The van der Waals surface area contributed by atoms with Gasteiger partial charge in [-0.25, -0.2) is 0 Å². The van der Waals surface area contributed by atoms with E-state index in [1.54, 1.807) is 6.26 Å². The molecule has 0 fully saturated rings. The maximum atomic E-state index is 12.4. The third kappa shape index (κ3) is 2.88. The Hall–Kier alpha value is -3.67. The van der Waals surface area contributed by atoms with E-state index in [9.17, 15) is 14.9 Å². The zero-order valence-electron chi connectivity index (χ0n) is 13.6. The summed E-state index contributed by atoms with van der Waals surface area (Å²) in [6, 6.07) is 17.6. The number of nitro benzene ring substituents is 1. The SMILES string of the molecule is O=C(Cc1coc2ccc3ccccc3c12)Nc1ccc([N+](=O)[O-])cc1. The topological polar surface area (TPSA) is 85.4 Å². The highest BCUT2D eigenvalue weighted by atomic mass is 16.6. The van der Waals surface area contributed by atoms with Crippen LogP contribution in [0.4, 0.5) is 11.4 Å². The molecule has 1 amide bonds. The van der Waals surface area contributed by atoms with Crippen LogP contribution in [0.2, 0.25) is 0 Å². The molecule has 26 heavy (non-hydrogen) atoms. The standard InChI is InChI=1S/C20H14N2O4/c23-19(21-15-6-8-16(9-7-15)22(24)25)11-14-12-26-18-10-5-13-3-1-2-4-17(13)20(14)18/h1-10,12H,11H2,(H,21,23). The van der Waals surface area contributed by atoms with Gasteiger partial charge in [-0.2, -0.15) is 0 Å². The molecule has 1 N–H and O–H groups in total. The summed E-state index contributed by atoms with van der Waals surface area (Å²) in [5.74, 6) is -0.213. The fourth-order valence-corrected chi connectivity index (χ4v) is 3.05. The van der Waals surface area contributed by atoms with Crippen LogP contribution in [-0.4, -0.2) is 10.8 Å². The number of anilines is 1. The second kappa shape index (κ2) is 6.33. The summed E-state index contributed by atoms with van der Waals surface area (Å²) in [6.45, 7) is 0. The molecule has 0 radical (unpaired) electrons. The van der Waals surface area contributed by atoms with Crippen molar-refractivity contribution >= 4 is 39.0 Å². The Labute approximate surface area is 148 Å². The molecular weight excluding hydrogens is 332 g/mol. The first-order chi connectivity index (χ1) is 12.6. The number of rotatable bonds is 4. The molecular formula is C20H14N2O4. The van der Waals surface area contributed by atoms with Crippen molar-refractivity contribution in [1.29, 1.82) is 0 Å². The van der Waals surface area contributed by atoms with Gasteiger partial charge in [-0.1, -0.05) is 30.3 Å². The van der Waals surface area contributed by atoms with Crippen LogP contribution in [0, 0.1) is 10.1 Å². The second-order valence-corrected chi connectivity index (χ2v) is 5.95. The van der Waals surface area contributed by atoms with E-state index >= 15 is 0 Å². The van der Waals surface area contributed by atoms with E-state index in [4.69, 9.17) is 4.42 Å². The number of nitro groups is 1. The molecule has 1 heterocycles. The van der Waals surface area contributed by atoms with E-state index in [1.165, 1.54) is 24.3 Å². The molecule has 1 aromatic heterocycles. The lowest BCUT2D eigenvalue weighted by atomic mass is 10.0. The highest BCUT2D eigenvalue weighted by Crippen LogP contribution is 2.30. The maximum absolute atomic E-state index is 12.4. The molecule has 0 saturated heterocycles. The summed E-state index contributed by atoms with van der Waals surface area (Å²) in [6.07, 6.45) is 1.75. The minimum Gasteiger partial charge on any atom is -0.464 e. The number of amides is 1. The first kappa shape index (κ1) is 15.8. The lowest BCUT2D eigenvalue weighted by Crippen LogP contribution is -2.14. The molecule has 3 aromatic carbocycles. The minimum atomic E-state index is -0.478. The predicted molar refractivity (Wildman–Crippen MR) is 99.2 cm³/mol. The van der Waals surface area contributed by atoms with Gasteiger partial charge < -0.3 is 9.73 Å². The monoisotopic (exact) mass is 346 g/mol. The van der Waals surface area contributed by atoms with Crippen molar-refractivity contribution in [2.75, 3.05) is 5.32 Å². The number of carbonyl (C=O) groups excluding carboxylic acids is 1. The molecule has 0 aliphatic heterocycles. The fraction of sp³-hybridized carbons (Fsp3) is 0.0500. The number of furan rings is 1. The lowest BCUT2D eigenvalue weighted by Gasteiger charge is -2.05. The van der Waals surface area contributed by atoms with Crippen molar-refractivity contribution in [3.63, 3.8) is 0 Å². The van der Waals surface area contributed by atoms with E-state index in [1.807, 2.05) is 36.4 Å². The Morgan fingerprint density at radius 1 is 1.04 bits per heavy atom. The van der Waals surface area contributed by atoms with Gasteiger partial charge >= 0.3 is 0 Å². The molecule has 0 aliphatic rings. The van der Waals surface area contributed by atoms with Gasteiger partial charge in [-0.3, -0.25) is 14.9 Å². The molecule has 0 atom stereocenters. The predicted octanol–water partition coefficient (Wildman–Crippen LogP) is 4.68. The van der Waals surface area contributed by atoms with E-state index in [2.05, 4.69) is 5.32 Å². The van der Waals surface area contributed by atoms with Crippen LogP contribution in [-0.2, 0) is 11.2 Å². The van der Waals surface area contributed by atoms with Gasteiger partial charge in [0.1, 0.15) is 5.58 Å². The molecule has 0 unspecified atom stereocenters. The Balaban J connectivity index is 1.59. The summed E-state index contributed by atoms with van der Waals surface area (Å²) in [5.41, 5.74) is 2.03. The van der Waals surface area contributed by atoms with E-state index in [-0.39, 0.29) is 18.0 Å². The Bertz CT molecular complexity index is 1130. The summed E-state index contributed by atoms with van der Waals surface area (Å²) in [4.78, 5) is 22.6. The van der Waals surface area contributed by atoms with E-state index < -0.39 is 4.92 Å². The third-order valence-electron chi connectivity index (χ3n) is 4.25. The van der Waals surface area contributed by atoms with E-state index in [0.717, 1.165) is 27.3 Å². The zero-order chi connectivity index (χ0) is 18.1. The highest BCUT2D eigenvalue weighted by Gasteiger charge is 2.14. The normalized spacial score (nSPS) is 10.9. The number of nitrogens with one attached hydrogen (secondary N) is 1. The largest absolute Gasteiger partial charge is 0.464 e. The van der Waals surface area contributed by atoms with Crippen molar-refractivity contribution in [2.24, 2.45) is 0 Å². The molecule has 4 rings (SSSR count). The van der Waals surface area contributed by atoms with Gasteiger partial charge in [0.2, 0.25) is 5.91 Å². The van der Waals surface area contributed by atoms with Crippen molar-refractivity contribution in [2.45, 2.75) is 6.42 Å². The summed E-state index contributed by atoms with van der Waals surface area (Å²) >= 11 is 0. The van der Waals surface area contributed by atoms with Gasteiger partial charge in [0.15, 0.2) is 0 Å². The van der Waals surface area contributed by atoms with Crippen LogP contribution in [0.3, 0.4) is 0 Å². The van der Waals surface area contributed by atoms with Crippen LogP contribution >= 0.6 is 0 Å². The smallest absolute Gasteiger partial charge is 0.269 e. The van der Waals surface area contributed by atoms with Gasteiger partial charge in [0.25, 0.3) is 5.69 Å². The first-order valence-electron chi connectivity index (χ1n) is 8.04. The number of hydrogen-bond donors (Lipinski definition) is 1. The summed E-state index contributed by atoms with van der Waals surface area (Å²) in [5, 5.41) is 16.5. The summed E-state index contributed by atoms with van der Waals surface area (Å²) in [7, 11) is 0. The minimum absolute atomic E-state index is 0.0182. The van der Waals surface area contributed by atoms with Crippen LogP contribution in [0.15, 0.2) is 71.3 Å². The second-order valence-electron chi connectivity index (χ2n) is 5.95. The lowest BCUT2D eigenvalue weighted by molar-refractivity contribution is -0.384. The molecule has 128 valence electrons. The zero-order valence-corrected chi connectivity index (χ0v) is 13.6. The van der Waals surface area contributed by atoms with E-state index in [0.29, 0.717) is 5.69 Å². The number of hydrogen-bond acceptors (Lipinski definition) is 4. The highest BCUT2D eigenvalue weighted by molar-refractivity contribution is 6.09. The average Bonchev–Trinajstić information content (AvgIpc) is 3.05.